The minimum absolute atomic E-state index is 0.296. The first-order chi connectivity index (χ1) is 17.1. The molecule has 0 saturated carbocycles. The fourth-order valence-corrected chi connectivity index (χ4v) is 4.52. The van der Waals surface area contributed by atoms with Crippen molar-refractivity contribution in [3.05, 3.63) is 130 Å². The van der Waals surface area contributed by atoms with Crippen LogP contribution in [-0.2, 0) is 17.8 Å². The molecule has 0 amide bonds. The van der Waals surface area contributed by atoms with Gasteiger partial charge in [-0.3, -0.25) is 0 Å². The van der Waals surface area contributed by atoms with Gasteiger partial charge in [-0.1, -0.05) is 104 Å². The van der Waals surface area contributed by atoms with E-state index in [9.17, 15) is 9.90 Å². The van der Waals surface area contributed by atoms with Gasteiger partial charge in [0.05, 0.1) is 24.0 Å². The summed E-state index contributed by atoms with van der Waals surface area (Å²) in [6.07, 6.45) is 6.42. The number of rotatable bonds is 10. The highest BCUT2D eigenvalue weighted by molar-refractivity contribution is 6.31. The lowest BCUT2D eigenvalue weighted by Crippen LogP contribution is -2.14. The van der Waals surface area contributed by atoms with Gasteiger partial charge in [-0.05, 0) is 35.3 Å². The monoisotopic (exact) mass is 484 g/mol. The van der Waals surface area contributed by atoms with Crippen molar-refractivity contribution in [1.29, 1.82) is 0 Å². The second kappa shape index (κ2) is 11.7. The third-order valence-corrected chi connectivity index (χ3v) is 6.51. The maximum atomic E-state index is 12.7. The number of carbonyl (C=O) groups is 1. The molecule has 0 aliphatic rings. The summed E-state index contributed by atoms with van der Waals surface area (Å²) in [6, 6.07) is 27.3. The molecule has 4 rings (SSSR count). The van der Waals surface area contributed by atoms with Crippen LogP contribution in [0.15, 0.2) is 96.7 Å². The molecule has 0 aliphatic carbocycles. The van der Waals surface area contributed by atoms with Gasteiger partial charge in [0.15, 0.2) is 0 Å². The molecule has 0 fully saturated rings. The van der Waals surface area contributed by atoms with E-state index in [4.69, 9.17) is 11.6 Å². The number of benzene rings is 3. The molecule has 1 N–H and O–H groups in total. The second-order valence-electron chi connectivity index (χ2n) is 8.54. The smallest absolute Gasteiger partial charge is 0.332 e. The lowest BCUT2D eigenvalue weighted by atomic mass is 9.84. The van der Waals surface area contributed by atoms with Crippen LogP contribution in [0.3, 0.4) is 0 Å². The Hall–Kier alpha value is -3.63. The molecule has 0 atom stereocenters. The number of carboxylic acid groups (broad SMARTS) is 1. The van der Waals surface area contributed by atoms with E-state index in [2.05, 4.69) is 16.5 Å². The summed E-state index contributed by atoms with van der Waals surface area (Å²) in [4.78, 5) is 17.4. The number of aliphatic carboxylic acids is 1. The first-order valence-electron chi connectivity index (χ1n) is 11.9. The van der Waals surface area contributed by atoms with E-state index < -0.39 is 11.9 Å². The number of carboxylic acids is 1. The molecule has 0 unspecified atom stereocenters. The van der Waals surface area contributed by atoms with E-state index in [1.807, 2.05) is 84.9 Å². The van der Waals surface area contributed by atoms with Crippen LogP contribution in [0, 0.1) is 0 Å². The number of aromatic nitrogens is 2. The number of imidazole rings is 1. The van der Waals surface area contributed by atoms with E-state index in [1.54, 1.807) is 12.3 Å². The minimum Gasteiger partial charge on any atom is -0.478 e. The summed E-state index contributed by atoms with van der Waals surface area (Å²) in [5, 5.41) is 11.1. The molecule has 1 aromatic heterocycles. The minimum atomic E-state index is -0.955. The molecule has 35 heavy (non-hydrogen) atoms. The Morgan fingerprint density at radius 3 is 2.14 bits per heavy atom. The van der Waals surface area contributed by atoms with Gasteiger partial charge in [0, 0.05) is 17.4 Å². The summed E-state index contributed by atoms with van der Waals surface area (Å²) in [5.41, 5.74) is 3.88. The highest BCUT2D eigenvalue weighted by Gasteiger charge is 2.25. The second-order valence-corrected chi connectivity index (χ2v) is 8.95. The number of aryl methyl sites for hydroxylation is 1. The third kappa shape index (κ3) is 5.90. The van der Waals surface area contributed by atoms with E-state index in [0.717, 1.165) is 47.5 Å². The normalized spacial score (nSPS) is 11.7. The highest BCUT2D eigenvalue weighted by Crippen LogP contribution is 2.33. The summed E-state index contributed by atoms with van der Waals surface area (Å²) in [5.74, 6) is -0.445. The molecule has 4 aromatic rings. The maximum absolute atomic E-state index is 12.7. The molecular formula is C30H29ClN2O2. The summed E-state index contributed by atoms with van der Waals surface area (Å²) >= 11 is 6.47. The Balaban J connectivity index is 1.85. The molecule has 0 saturated heterocycles. The lowest BCUT2D eigenvalue weighted by Gasteiger charge is -2.20. The van der Waals surface area contributed by atoms with Gasteiger partial charge in [0.2, 0.25) is 0 Å². The number of halogens is 1. The van der Waals surface area contributed by atoms with Crippen molar-refractivity contribution in [3.8, 4) is 0 Å². The molecule has 0 spiro atoms. The van der Waals surface area contributed by atoms with Crippen molar-refractivity contribution >= 4 is 23.6 Å². The van der Waals surface area contributed by atoms with E-state index in [-0.39, 0.29) is 0 Å². The number of hydrogen-bond acceptors (Lipinski definition) is 2. The zero-order valence-electron chi connectivity index (χ0n) is 19.8. The summed E-state index contributed by atoms with van der Waals surface area (Å²) in [7, 11) is 0. The van der Waals surface area contributed by atoms with Gasteiger partial charge in [-0.2, -0.15) is 0 Å². The van der Waals surface area contributed by atoms with E-state index >= 15 is 0 Å². The lowest BCUT2D eigenvalue weighted by molar-refractivity contribution is -0.132. The topological polar surface area (TPSA) is 55.1 Å². The van der Waals surface area contributed by atoms with Crippen molar-refractivity contribution < 1.29 is 9.90 Å². The van der Waals surface area contributed by atoms with Gasteiger partial charge in [-0.15, -0.1) is 0 Å². The predicted octanol–water partition coefficient (Wildman–Crippen LogP) is 7.23. The van der Waals surface area contributed by atoms with Crippen LogP contribution < -0.4 is 0 Å². The third-order valence-electron chi connectivity index (χ3n) is 6.14. The van der Waals surface area contributed by atoms with Crippen molar-refractivity contribution in [2.45, 2.75) is 38.6 Å². The van der Waals surface area contributed by atoms with Gasteiger partial charge >= 0.3 is 5.97 Å². The van der Waals surface area contributed by atoms with Crippen molar-refractivity contribution in [2.75, 3.05) is 0 Å². The van der Waals surface area contributed by atoms with E-state index in [1.165, 1.54) is 0 Å². The molecule has 0 bridgehead atoms. The Morgan fingerprint density at radius 1 is 0.971 bits per heavy atom. The largest absolute Gasteiger partial charge is 0.478 e. The molecule has 178 valence electrons. The van der Waals surface area contributed by atoms with Crippen LogP contribution in [0.1, 0.15) is 53.9 Å². The SMILES string of the molecule is CCCCc1ncc(/C=C(/C(=O)O)C(c2ccccc2)c2ccccc2)n1Cc1ccccc1Cl. The Labute approximate surface area is 211 Å². The van der Waals surface area contributed by atoms with Gasteiger partial charge < -0.3 is 9.67 Å². The van der Waals surface area contributed by atoms with Gasteiger partial charge in [-0.25, -0.2) is 9.78 Å². The fraction of sp³-hybridized carbons (Fsp3) is 0.200. The summed E-state index contributed by atoms with van der Waals surface area (Å²) < 4.78 is 2.09. The van der Waals surface area contributed by atoms with Crippen LogP contribution in [0.4, 0.5) is 0 Å². The van der Waals surface area contributed by atoms with Gasteiger partial charge in [0.1, 0.15) is 5.82 Å². The zero-order chi connectivity index (χ0) is 24.6. The Bertz CT molecular complexity index is 1260. The van der Waals surface area contributed by atoms with Crippen molar-refractivity contribution in [3.63, 3.8) is 0 Å². The number of nitrogens with zero attached hydrogens (tertiary/aromatic N) is 2. The van der Waals surface area contributed by atoms with Crippen LogP contribution in [0.25, 0.3) is 6.08 Å². The molecule has 0 aliphatic heterocycles. The fourth-order valence-electron chi connectivity index (χ4n) is 4.33. The zero-order valence-corrected chi connectivity index (χ0v) is 20.5. The van der Waals surface area contributed by atoms with Crippen LogP contribution >= 0.6 is 11.6 Å². The Morgan fingerprint density at radius 2 is 1.57 bits per heavy atom. The van der Waals surface area contributed by atoms with Crippen molar-refractivity contribution in [2.24, 2.45) is 0 Å². The van der Waals surface area contributed by atoms with Crippen molar-refractivity contribution in [1.82, 2.24) is 9.55 Å². The summed E-state index contributed by atoms with van der Waals surface area (Å²) in [6.45, 7) is 2.67. The molecular weight excluding hydrogens is 456 g/mol. The van der Waals surface area contributed by atoms with Crippen LogP contribution in [-0.4, -0.2) is 20.6 Å². The average Bonchev–Trinajstić information content (AvgIpc) is 3.25. The van der Waals surface area contributed by atoms with E-state index in [0.29, 0.717) is 17.1 Å². The maximum Gasteiger partial charge on any atom is 0.332 e. The molecule has 3 aromatic carbocycles. The first kappa shape index (κ1) is 24.5. The molecule has 4 nitrogen and oxygen atoms in total. The highest BCUT2D eigenvalue weighted by atomic mass is 35.5. The van der Waals surface area contributed by atoms with Crippen LogP contribution in [0.2, 0.25) is 5.02 Å². The molecule has 0 radical (unpaired) electrons. The molecule has 5 heteroatoms. The Kier molecular flexibility index (Phi) is 8.17. The quantitative estimate of drug-likeness (QED) is 0.241. The predicted molar refractivity (Wildman–Crippen MR) is 142 cm³/mol. The van der Waals surface area contributed by atoms with Crippen LogP contribution in [0.5, 0.6) is 0 Å². The van der Waals surface area contributed by atoms with Gasteiger partial charge in [0.25, 0.3) is 0 Å². The average molecular weight is 485 g/mol. The first-order valence-corrected chi connectivity index (χ1v) is 12.3. The molecule has 1 heterocycles. The standard InChI is InChI=1S/C30H29ClN2O2/c1-2-3-18-28-32-20-25(33(28)21-24-16-10-11-17-27(24)31)19-26(30(34)35)29(22-12-6-4-7-13-22)23-14-8-5-9-15-23/h4-17,19-20,29H,2-3,18,21H2,1H3,(H,34,35)/b26-19+. The number of unbranched alkanes of at least 4 members (excludes halogenated alkanes) is 1. The number of hydrogen-bond donors (Lipinski definition) is 1.